The van der Waals surface area contributed by atoms with Crippen LogP contribution in [0.15, 0.2) is 0 Å². The minimum Gasteiger partial charge on any atom is -0.0533 e. The minimum absolute atomic E-state index is 0. The summed E-state index contributed by atoms with van der Waals surface area (Å²) in [6.45, 7) is 0. The van der Waals surface area contributed by atoms with Gasteiger partial charge in [-0.2, -0.15) is 0 Å². The predicted molar refractivity (Wildman–Crippen MR) is 30.0 cm³/mol. The van der Waals surface area contributed by atoms with Crippen molar-refractivity contribution < 1.29 is 0 Å². The normalized spacial score (nSPS) is 16.0. The van der Waals surface area contributed by atoms with Gasteiger partial charge in [0.15, 0.2) is 0 Å². The smallest absolute Gasteiger partial charge is 0 e. The molecule has 0 spiro atoms. The highest BCUT2D eigenvalue weighted by Gasteiger charge is 1.95. The lowest BCUT2D eigenvalue weighted by Gasteiger charge is -2.05. The van der Waals surface area contributed by atoms with Gasteiger partial charge in [-0.15, -0.1) is 0 Å². The number of hydrogen-bond donors (Lipinski definition) is 0. The quantitative estimate of drug-likeness (QED) is 0.407. The largest absolute Gasteiger partial charge is 0.0533 e. The Balaban J connectivity index is 0. The third kappa shape index (κ3) is 2.66. The first kappa shape index (κ1) is 9.66. The van der Waals surface area contributed by atoms with Gasteiger partial charge in [-0.25, -0.2) is 0 Å². The fraction of sp³-hybridized carbons (Fsp3) is 1.00. The van der Waals surface area contributed by atoms with Gasteiger partial charge < -0.3 is 0 Å². The van der Waals surface area contributed by atoms with Crippen molar-refractivity contribution in [2.24, 2.45) is 0 Å². The standard InChI is InChI=1S/C4H8.2Si/c1-2-4-3-1;;/h1-4H2;;. The first-order valence-corrected chi connectivity index (χ1v) is 2.00. The molecule has 1 saturated carbocycles. The summed E-state index contributed by atoms with van der Waals surface area (Å²) in [5.74, 6) is 0. The van der Waals surface area contributed by atoms with Crippen LogP contribution < -0.4 is 0 Å². The van der Waals surface area contributed by atoms with Gasteiger partial charge in [0.2, 0.25) is 0 Å². The highest BCUT2D eigenvalue weighted by Crippen LogP contribution is 2.15. The summed E-state index contributed by atoms with van der Waals surface area (Å²) in [5.41, 5.74) is 0. The molecule has 0 aromatic carbocycles. The minimum atomic E-state index is 0. The lowest BCUT2D eigenvalue weighted by Crippen LogP contribution is -1.85. The highest BCUT2D eigenvalue weighted by atomic mass is 28.1. The zero-order valence-electron chi connectivity index (χ0n) is 3.83. The van der Waals surface area contributed by atoms with Crippen LogP contribution in [0.1, 0.15) is 25.7 Å². The van der Waals surface area contributed by atoms with E-state index in [1.165, 1.54) is 25.7 Å². The van der Waals surface area contributed by atoms with Crippen molar-refractivity contribution in [2.45, 2.75) is 25.7 Å². The molecule has 0 amide bonds. The van der Waals surface area contributed by atoms with Crippen LogP contribution in [0.4, 0.5) is 0 Å². The molecule has 1 aliphatic rings. The van der Waals surface area contributed by atoms with Crippen LogP contribution in [-0.2, 0) is 0 Å². The van der Waals surface area contributed by atoms with E-state index >= 15 is 0 Å². The van der Waals surface area contributed by atoms with Crippen molar-refractivity contribution in [1.29, 1.82) is 0 Å². The van der Waals surface area contributed by atoms with E-state index in [9.17, 15) is 0 Å². The van der Waals surface area contributed by atoms with Crippen LogP contribution in [0.25, 0.3) is 0 Å². The Morgan fingerprint density at radius 2 is 0.667 bits per heavy atom. The molecule has 0 nitrogen and oxygen atoms in total. The van der Waals surface area contributed by atoms with Gasteiger partial charge in [0.25, 0.3) is 0 Å². The summed E-state index contributed by atoms with van der Waals surface area (Å²) < 4.78 is 0. The lowest BCUT2D eigenvalue weighted by molar-refractivity contribution is 0.504. The number of hydrogen-bond acceptors (Lipinski definition) is 0. The van der Waals surface area contributed by atoms with Crippen LogP contribution in [0.2, 0.25) is 0 Å². The highest BCUT2D eigenvalue weighted by molar-refractivity contribution is 5.76. The zero-order valence-corrected chi connectivity index (χ0v) is 5.83. The number of rotatable bonds is 0. The molecule has 0 aromatic heterocycles. The van der Waals surface area contributed by atoms with E-state index in [0.29, 0.717) is 0 Å². The van der Waals surface area contributed by atoms with Crippen molar-refractivity contribution in [1.82, 2.24) is 0 Å². The van der Waals surface area contributed by atoms with E-state index in [2.05, 4.69) is 0 Å². The molecule has 1 fully saturated rings. The molecule has 0 saturated heterocycles. The van der Waals surface area contributed by atoms with Crippen LogP contribution in [0, 0.1) is 0 Å². The van der Waals surface area contributed by atoms with Crippen molar-refractivity contribution in [3.8, 4) is 0 Å². The summed E-state index contributed by atoms with van der Waals surface area (Å²) in [7, 11) is 0. The SMILES string of the molecule is C1CCC1.[Si].[Si]. The second kappa shape index (κ2) is 5.43. The monoisotopic (exact) mass is 112 g/mol. The van der Waals surface area contributed by atoms with E-state index in [1.54, 1.807) is 0 Å². The summed E-state index contributed by atoms with van der Waals surface area (Å²) in [6.07, 6.45) is 6.00. The van der Waals surface area contributed by atoms with Gasteiger partial charge in [0.05, 0.1) is 0 Å². The Kier molecular flexibility index (Phi) is 8.75. The fourth-order valence-corrected chi connectivity index (χ4v) is 0.250. The van der Waals surface area contributed by atoms with Crippen LogP contribution in [0.3, 0.4) is 0 Å². The molecule has 6 heavy (non-hydrogen) atoms. The molecule has 0 N–H and O–H groups in total. The second-order valence-electron chi connectivity index (χ2n) is 1.41. The molecular formula is C4H8Si2. The maximum Gasteiger partial charge on any atom is 0 e. The summed E-state index contributed by atoms with van der Waals surface area (Å²) in [6, 6.07) is 0. The van der Waals surface area contributed by atoms with Gasteiger partial charge in [-0.1, -0.05) is 25.7 Å². The van der Waals surface area contributed by atoms with Gasteiger partial charge in [-0.3, -0.25) is 0 Å². The van der Waals surface area contributed by atoms with Crippen LogP contribution >= 0.6 is 0 Å². The third-order valence-corrected chi connectivity index (χ3v) is 1.000. The molecule has 0 bridgehead atoms. The maximum atomic E-state index is 1.50. The van der Waals surface area contributed by atoms with Gasteiger partial charge in [0, 0.05) is 21.9 Å². The van der Waals surface area contributed by atoms with Crippen LogP contribution in [-0.4, -0.2) is 21.9 Å². The predicted octanol–water partition coefficient (Wildman–Crippen LogP) is 0.799. The van der Waals surface area contributed by atoms with Gasteiger partial charge in [-0.05, 0) is 0 Å². The Morgan fingerprint density at radius 1 is 0.500 bits per heavy atom. The van der Waals surface area contributed by atoms with Crippen molar-refractivity contribution in [2.75, 3.05) is 0 Å². The molecule has 32 valence electrons. The molecule has 0 atom stereocenters. The first-order valence-electron chi connectivity index (χ1n) is 2.00. The second-order valence-corrected chi connectivity index (χ2v) is 1.41. The van der Waals surface area contributed by atoms with E-state index in [0.717, 1.165) is 0 Å². The Bertz CT molecular complexity index is 13.5. The summed E-state index contributed by atoms with van der Waals surface area (Å²) in [4.78, 5) is 0. The van der Waals surface area contributed by atoms with E-state index in [-0.39, 0.29) is 21.9 Å². The van der Waals surface area contributed by atoms with Gasteiger partial charge in [0.1, 0.15) is 0 Å². The average Bonchev–Trinajstić information content (AvgIpc) is 0.722. The molecule has 0 aromatic rings. The Morgan fingerprint density at radius 3 is 0.667 bits per heavy atom. The lowest BCUT2D eigenvalue weighted by atomic mass is 10.0. The van der Waals surface area contributed by atoms with Crippen molar-refractivity contribution >= 4 is 21.9 Å². The molecule has 8 radical (unpaired) electrons. The van der Waals surface area contributed by atoms with Gasteiger partial charge >= 0.3 is 0 Å². The molecule has 2 heteroatoms. The third-order valence-electron chi connectivity index (χ3n) is 1.000. The zero-order chi connectivity index (χ0) is 2.83. The molecule has 0 heterocycles. The molecular weight excluding hydrogens is 104 g/mol. The average molecular weight is 112 g/mol. The van der Waals surface area contributed by atoms with Crippen molar-refractivity contribution in [3.63, 3.8) is 0 Å². The molecule has 0 unspecified atom stereocenters. The Labute approximate surface area is 48.4 Å². The van der Waals surface area contributed by atoms with E-state index in [1.807, 2.05) is 0 Å². The first-order chi connectivity index (χ1) is 2.00. The fourth-order valence-electron chi connectivity index (χ4n) is 0.250. The topological polar surface area (TPSA) is 0 Å². The molecule has 1 rings (SSSR count). The molecule has 1 aliphatic carbocycles. The van der Waals surface area contributed by atoms with Crippen molar-refractivity contribution in [3.05, 3.63) is 0 Å². The summed E-state index contributed by atoms with van der Waals surface area (Å²) >= 11 is 0. The Hall–Kier alpha value is 0.434. The maximum absolute atomic E-state index is 1.50. The van der Waals surface area contributed by atoms with Crippen LogP contribution in [0.5, 0.6) is 0 Å². The molecule has 0 aliphatic heterocycles. The summed E-state index contributed by atoms with van der Waals surface area (Å²) in [5, 5.41) is 0. The van der Waals surface area contributed by atoms with E-state index < -0.39 is 0 Å². The van der Waals surface area contributed by atoms with E-state index in [4.69, 9.17) is 0 Å².